The Bertz CT molecular complexity index is 740. The Kier molecular flexibility index (Phi) is 4.02. The molecule has 0 saturated carbocycles. The summed E-state index contributed by atoms with van der Waals surface area (Å²) >= 11 is 0. The average molecular weight is 310 g/mol. The molecule has 2 aromatic rings. The first kappa shape index (κ1) is 15.1. The molecule has 0 saturated heterocycles. The van der Waals surface area contributed by atoms with Gasteiger partial charge in [-0.2, -0.15) is 0 Å². The Balaban J connectivity index is 1.80. The smallest absolute Gasteiger partial charge is 0.247 e. The first-order chi connectivity index (χ1) is 11.1. The van der Waals surface area contributed by atoms with Crippen molar-refractivity contribution in [3.63, 3.8) is 0 Å². The average Bonchev–Trinajstić information content (AvgIpc) is 2.95. The van der Waals surface area contributed by atoms with Crippen LogP contribution in [0.25, 0.3) is 0 Å². The van der Waals surface area contributed by atoms with Crippen LogP contribution in [0.3, 0.4) is 0 Å². The van der Waals surface area contributed by atoms with E-state index in [1.807, 2.05) is 24.3 Å². The molecular weight excluding hydrogens is 292 g/mol. The van der Waals surface area contributed by atoms with Crippen molar-refractivity contribution in [3.05, 3.63) is 54.1 Å². The van der Waals surface area contributed by atoms with Crippen LogP contribution in [0.1, 0.15) is 12.5 Å². The van der Waals surface area contributed by atoms with Gasteiger partial charge >= 0.3 is 0 Å². The van der Waals surface area contributed by atoms with Crippen molar-refractivity contribution < 1.29 is 14.3 Å². The van der Waals surface area contributed by atoms with Gasteiger partial charge in [-0.25, -0.2) is 0 Å². The number of ether oxygens (including phenoxy) is 1. The van der Waals surface area contributed by atoms with Crippen LogP contribution in [0.5, 0.6) is 5.75 Å². The molecule has 0 bridgehead atoms. The summed E-state index contributed by atoms with van der Waals surface area (Å²) in [5, 5.41) is 2.87. The van der Waals surface area contributed by atoms with Gasteiger partial charge < -0.3 is 10.1 Å². The van der Waals surface area contributed by atoms with Gasteiger partial charge in [0.25, 0.3) is 0 Å². The summed E-state index contributed by atoms with van der Waals surface area (Å²) < 4.78 is 5.10. The predicted molar refractivity (Wildman–Crippen MR) is 88.7 cm³/mol. The Morgan fingerprint density at radius 3 is 2.48 bits per heavy atom. The number of hydrogen-bond acceptors (Lipinski definition) is 3. The number of benzene rings is 2. The molecule has 1 heterocycles. The van der Waals surface area contributed by atoms with E-state index in [2.05, 4.69) is 5.32 Å². The zero-order valence-corrected chi connectivity index (χ0v) is 13.1. The fourth-order valence-corrected chi connectivity index (χ4v) is 2.88. The number of nitrogens with one attached hydrogen (secondary N) is 1. The lowest BCUT2D eigenvalue weighted by Crippen LogP contribution is -2.44. The maximum atomic E-state index is 12.6. The van der Waals surface area contributed by atoms with Crippen LogP contribution in [0.15, 0.2) is 48.5 Å². The number of carbonyl (C=O) groups excluding carboxylic acids is 2. The largest absolute Gasteiger partial charge is 0.497 e. The lowest BCUT2D eigenvalue weighted by atomic mass is 10.1. The summed E-state index contributed by atoms with van der Waals surface area (Å²) in [5.41, 5.74) is 2.50. The van der Waals surface area contributed by atoms with Crippen LogP contribution in [-0.2, 0) is 16.0 Å². The maximum Gasteiger partial charge on any atom is 0.247 e. The fourth-order valence-electron chi connectivity index (χ4n) is 2.88. The molecule has 0 fully saturated rings. The molecule has 2 aromatic carbocycles. The topological polar surface area (TPSA) is 58.6 Å². The minimum atomic E-state index is -0.521. The van der Waals surface area contributed by atoms with E-state index in [4.69, 9.17) is 4.74 Å². The van der Waals surface area contributed by atoms with E-state index in [0.29, 0.717) is 12.1 Å². The Hall–Kier alpha value is -2.82. The van der Waals surface area contributed by atoms with Gasteiger partial charge in [0.15, 0.2) is 0 Å². The highest BCUT2D eigenvalue weighted by atomic mass is 16.5. The molecular formula is C18H18N2O3. The number of hydrogen-bond donors (Lipinski definition) is 1. The summed E-state index contributed by atoms with van der Waals surface area (Å²) in [7, 11) is 1.59. The van der Waals surface area contributed by atoms with Crippen molar-refractivity contribution in [3.8, 4) is 5.75 Å². The van der Waals surface area contributed by atoms with Crippen LogP contribution in [0, 0.1) is 0 Å². The maximum absolute atomic E-state index is 12.6. The quantitative estimate of drug-likeness (QED) is 0.948. The summed E-state index contributed by atoms with van der Waals surface area (Å²) in [5.74, 6) is 0.396. The molecule has 0 radical (unpaired) electrons. The van der Waals surface area contributed by atoms with Gasteiger partial charge in [0, 0.05) is 24.7 Å². The van der Waals surface area contributed by atoms with E-state index < -0.39 is 6.04 Å². The highest BCUT2D eigenvalue weighted by Gasteiger charge is 2.36. The Morgan fingerprint density at radius 1 is 1.13 bits per heavy atom. The standard InChI is InChI=1S/C18H18N2O3/c1-12(21)20-16-6-4-3-5-13(16)11-17(20)18(22)19-14-7-9-15(23-2)10-8-14/h3-10,17H,11H2,1-2H3,(H,19,22). The first-order valence-corrected chi connectivity index (χ1v) is 7.43. The number of carbonyl (C=O) groups is 2. The molecule has 1 unspecified atom stereocenters. The van der Waals surface area contributed by atoms with E-state index in [1.54, 1.807) is 36.3 Å². The second kappa shape index (κ2) is 6.12. The van der Waals surface area contributed by atoms with Gasteiger partial charge in [-0.1, -0.05) is 18.2 Å². The Morgan fingerprint density at radius 2 is 1.83 bits per heavy atom. The van der Waals surface area contributed by atoms with E-state index in [0.717, 1.165) is 17.0 Å². The molecule has 0 spiro atoms. The van der Waals surface area contributed by atoms with Crippen molar-refractivity contribution in [2.75, 3.05) is 17.3 Å². The van der Waals surface area contributed by atoms with Crippen LogP contribution in [-0.4, -0.2) is 25.0 Å². The van der Waals surface area contributed by atoms with E-state index in [1.165, 1.54) is 6.92 Å². The molecule has 1 aliphatic rings. The first-order valence-electron chi connectivity index (χ1n) is 7.43. The van der Waals surface area contributed by atoms with E-state index in [-0.39, 0.29) is 11.8 Å². The summed E-state index contributed by atoms with van der Waals surface area (Å²) in [4.78, 5) is 26.2. The number of methoxy groups -OCH3 is 1. The monoisotopic (exact) mass is 310 g/mol. The molecule has 2 amide bonds. The second-order valence-corrected chi connectivity index (χ2v) is 5.46. The number of amides is 2. The Labute approximate surface area is 134 Å². The third kappa shape index (κ3) is 2.90. The van der Waals surface area contributed by atoms with E-state index in [9.17, 15) is 9.59 Å². The highest BCUT2D eigenvalue weighted by Crippen LogP contribution is 2.32. The van der Waals surface area contributed by atoms with Crippen molar-refractivity contribution in [2.45, 2.75) is 19.4 Å². The van der Waals surface area contributed by atoms with Crippen LogP contribution in [0.4, 0.5) is 11.4 Å². The lowest BCUT2D eigenvalue weighted by Gasteiger charge is -2.23. The van der Waals surface area contributed by atoms with Crippen LogP contribution >= 0.6 is 0 Å². The highest BCUT2D eigenvalue weighted by molar-refractivity contribution is 6.06. The van der Waals surface area contributed by atoms with Crippen LogP contribution < -0.4 is 15.0 Å². The molecule has 1 aliphatic heterocycles. The number of fused-ring (bicyclic) bond motifs is 1. The predicted octanol–water partition coefficient (Wildman–Crippen LogP) is 2.61. The van der Waals surface area contributed by atoms with Crippen molar-refractivity contribution >= 4 is 23.2 Å². The van der Waals surface area contributed by atoms with Crippen molar-refractivity contribution in [1.82, 2.24) is 0 Å². The minimum absolute atomic E-state index is 0.134. The lowest BCUT2D eigenvalue weighted by molar-refractivity contribution is -0.122. The number of rotatable bonds is 3. The minimum Gasteiger partial charge on any atom is -0.497 e. The number of para-hydroxylation sites is 1. The number of anilines is 2. The van der Waals surface area contributed by atoms with Gasteiger partial charge in [0.1, 0.15) is 11.8 Å². The normalized spacial score (nSPS) is 15.9. The van der Waals surface area contributed by atoms with Gasteiger partial charge in [0.2, 0.25) is 11.8 Å². The van der Waals surface area contributed by atoms with E-state index >= 15 is 0 Å². The molecule has 1 atom stereocenters. The van der Waals surface area contributed by atoms with Gasteiger partial charge in [-0.3, -0.25) is 14.5 Å². The summed E-state index contributed by atoms with van der Waals surface area (Å²) in [6.45, 7) is 1.48. The molecule has 5 nitrogen and oxygen atoms in total. The zero-order chi connectivity index (χ0) is 16.4. The van der Waals surface area contributed by atoms with Crippen molar-refractivity contribution in [2.24, 2.45) is 0 Å². The zero-order valence-electron chi connectivity index (χ0n) is 13.1. The van der Waals surface area contributed by atoms with Gasteiger partial charge in [-0.15, -0.1) is 0 Å². The second-order valence-electron chi connectivity index (χ2n) is 5.46. The molecule has 3 rings (SSSR count). The fraction of sp³-hybridized carbons (Fsp3) is 0.222. The van der Waals surface area contributed by atoms with Crippen LogP contribution in [0.2, 0.25) is 0 Å². The third-order valence-corrected chi connectivity index (χ3v) is 3.98. The molecule has 5 heteroatoms. The molecule has 23 heavy (non-hydrogen) atoms. The summed E-state index contributed by atoms with van der Waals surface area (Å²) in [6, 6.07) is 14.2. The molecule has 0 aliphatic carbocycles. The summed E-state index contributed by atoms with van der Waals surface area (Å²) in [6.07, 6.45) is 0.526. The SMILES string of the molecule is COc1ccc(NC(=O)C2Cc3ccccc3N2C(C)=O)cc1. The van der Waals surface area contributed by atoms with Gasteiger partial charge in [-0.05, 0) is 35.9 Å². The third-order valence-electron chi connectivity index (χ3n) is 3.98. The molecule has 0 aromatic heterocycles. The van der Waals surface area contributed by atoms with Crippen molar-refractivity contribution in [1.29, 1.82) is 0 Å². The molecule has 1 N–H and O–H groups in total. The van der Waals surface area contributed by atoms with Gasteiger partial charge in [0.05, 0.1) is 7.11 Å². The number of nitrogens with zero attached hydrogens (tertiary/aromatic N) is 1. The molecule has 118 valence electrons.